The summed E-state index contributed by atoms with van der Waals surface area (Å²) < 4.78 is 4.85. The molecule has 6 nitrogen and oxygen atoms in total. The summed E-state index contributed by atoms with van der Waals surface area (Å²) in [6.07, 6.45) is 3.15. The Labute approximate surface area is 92.6 Å². The number of rotatable bonds is 4. The van der Waals surface area contributed by atoms with E-state index in [4.69, 9.17) is 16.2 Å². The van der Waals surface area contributed by atoms with Crippen LogP contribution in [0, 0.1) is 0 Å². The Morgan fingerprint density at radius 3 is 2.75 bits per heavy atom. The summed E-state index contributed by atoms with van der Waals surface area (Å²) >= 11 is 0. The lowest BCUT2D eigenvalue weighted by atomic mass is 10.0. The maximum atomic E-state index is 11.4. The molecule has 0 aliphatic carbocycles. The van der Waals surface area contributed by atoms with Gasteiger partial charge in [-0.15, -0.1) is 0 Å². The van der Waals surface area contributed by atoms with Crippen LogP contribution in [0.2, 0.25) is 0 Å². The predicted molar refractivity (Wildman–Crippen MR) is 55.8 cm³/mol. The highest BCUT2D eigenvalue weighted by Gasteiger charge is 2.36. The first kappa shape index (κ1) is 12.1. The number of pyridine rings is 1. The van der Waals surface area contributed by atoms with Gasteiger partial charge in [-0.1, -0.05) is 6.07 Å². The highest BCUT2D eigenvalue weighted by atomic mass is 16.5. The SMILES string of the molecule is C[C@](N)(C(N)=O)C(=O)OCc1cccnc1. The zero-order chi connectivity index (χ0) is 12.2. The number of nitrogens with zero attached hydrogens (tertiary/aromatic N) is 1. The number of carbonyl (C=O) groups excluding carboxylic acids is 2. The minimum atomic E-state index is -1.80. The molecule has 1 atom stereocenters. The highest BCUT2D eigenvalue weighted by Crippen LogP contribution is 2.05. The van der Waals surface area contributed by atoms with Crippen LogP contribution >= 0.6 is 0 Å². The summed E-state index contributed by atoms with van der Waals surface area (Å²) in [5.74, 6) is -1.78. The third-order valence-electron chi connectivity index (χ3n) is 2.03. The van der Waals surface area contributed by atoms with E-state index in [1.807, 2.05) is 0 Å². The number of amides is 1. The first-order valence-corrected chi connectivity index (χ1v) is 4.59. The fraction of sp³-hybridized carbons (Fsp3) is 0.300. The molecule has 0 spiro atoms. The fourth-order valence-electron chi connectivity index (χ4n) is 0.883. The second-order valence-corrected chi connectivity index (χ2v) is 3.50. The lowest BCUT2D eigenvalue weighted by Crippen LogP contribution is -2.56. The number of ether oxygens (including phenoxy) is 1. The molecular weight excluding hydrogens is 210 g/mol. The van der Waals surface area contributed by atoms with Crippen molar-refractivity contribution in [1.29, 1.82) is 0 Å². The smallest absolute Gasteiger partial charge is 0.335 e. The Bertz CT molecular complexity index is 390. The van der Waals surface area contributed by atoms with Crippen LogP contribution < -0.4 is 11.5 Å². The molecule has 0 radical (unpaired) electrons. The maximum Gasteiger partial charge on any atom is 0.335 e. The van der Waals surface area contributed by atoms with Crippen LogP contribution in [-0.2, 0) is 20.9 Å². The summed E-state index contributed by atoms with van der Waals surface area (Å²) in [7, 11) is 0. The lowest BCUT2D eigenvalue weighted by molar-refractivity contribution is -0.154. The van der Waals surface area contributed by atoms with Gasteiger partial charge >= 0.3 is 5.97 Å². The first-order chi connectivity index (χ1) is 7.44. The highest BCUT2D eigenvalue weighted by molar-refractivity contribution is 6.05. The number of aromatic nitrogens is 1. The van der Waals surface area contributed by atoms with Gasteiger partial charge in [0, 0.05) is 18.0 Å². The van der Waals surface area contributed by atoms with E-state index in [-0.39, 0.29) is 6.61 Å². The number of primary amides is 1. The van der Waals surface area contributed by atoms with Crippen LogP contribution in [0.25, 0.3) is 0 Å². The Morgan fingerprint density at radius 1 is 1.56 bits per heavy atom. The van der Waals surface area contributed by atoms with Crippen molar-refractivity contribution in [2.45, 2.75) is 19.1 Å². The molecule has 6 heteroatoms. The fourth-order valence-corrected chi connectivity index (χ4v) is 0.883. The van der Waals surface area contributed by atoms with Crippen LogP contribution in [0.4, 0.5) is 0 Å². The van der Waals surface area contributed by atoms with Crippen LogP contribution in [0.1, 0.15) is 12.5 Å². The van der Waals surface area contributed by atoms with Crippen molar-refractivity contribution in [3.05, 3.63) is 30.1 Å². The van der Waals surface area contributed by atoms with Crippen LogP contribution in [0.15, 0.2) is 24.5 Å². The summed E-state index contributed by atoms with van der Waals surface area (Å²) in [6, 6.07) is 3.44. The summed E-state index contributed by atoms with van der Waals surface area (Å²) in [6.45, 7) is 1.22. The van der Waals surface area contributed by atoms with E-state index >= 15 is 0 Å². The molecule has 0 aliphatic heterocycles. The largest absolute Gasteiger partial charge is 0.459 e. The van der Waals surface area contributed by atoms with Crippen molar-refractivity contribution >= 4 is 11.9 Å². The molecule has 0 aliphatic rings. The molecule has 0 fully saturated rings. The molecule has 1 rings (SSSR count). The molecule has 1 aromatic heterocycles. The number of nitrogens with two attached hydrogens (primary N) is 2. The maximum absolute atomic E-state index is 11.4. The molecule has 4 N–H and O–H groups in total. The molecule has 0 saturated carbocycles. The zero-order valence-corrected chi connectivity index (χ0v) is 8.84. The van der Waals surface area contributed by atoms with Crippen molar-refractivity contribution in [2.24, 2.45) is 11.5 Å². The predicted octanol–water partition coefficient (Wildman–Crippen LogP) is -0.672. The second kappa shape index (κ2) is 4.71. The summed E-state index contributed by atoms with van der Waals surface area (Å²) in [4.78, 5) is 26.1. The van der Waals surface area contributed by atoms with Gasteiger partial charge in [-0.25, -0.2) is 4.79 Å². The molecule has 16 heavy (non-hydrogen) atoms. The van der Waals surface area contributed by atoms with Crippen LogP contribution in [-0.4, -0.2) is 22.4 Å². The molecule has 1 amide bonds. The molecule has 0 saturated heterocycles. The number of hydrogen-bond acceptors (Lipinski definition) is 5. The number of esters is 1. The topological polar surface area (TPSA) is 108 Å². The average molecular weight is 223 g/mol. The van der Waals surface area contributed by atoms with E-state index in [0.29, 0.717) is 5.56 Å². The van der Waals surface area contributed by atoms with Gasteiger partial charge in [-0.05, 0) is 13.0 Å². The van der Waals surface area contributed by atoms with Crippen molar-refractivity contribution in [3.8, 4) is 0 Å². The van der Waals surface area contributed by atoms with E-state index in [2.05, 4.69) is 4.98 Å². The van der Waals surface area contributed by atoms with Crippen LogP contribution in [0.5, 0.6) is 0 Å². The molecule has 1 heterocycles. The molecule has 86 valence electrons. The summed E-state index contributed by atoms with van der Waals surface area (Å²) in [5.41, 5.74) is 9.27. The lowest BCUT2D eigenvalue weighted by Gasteiger charge is -2.18. The monoisotopic (exact) mass is 223 g/mol. The van der Waals surface area contributed by atoms with Gasteiger partial charge in [0.15, 0.2) is 5.54 Å². The molecule has 0 bridgehead atoms. The normalized spacial score (nSPS) is 13.9. The van der Waals surface area contributed by atoms with Gasteiger partial charge in [0.05, 0.1) is 0 Å². The standard InChI is InChI=1S/C10H13N3O3/c1-10(12,8(11)14)9(15)16-6-7-3-2-4-13-5-7/h2-5H,6,12H2,1H3,(H2,11,14)/t10-/m0/s1. The third kappa shape index (κ3) is 2.77. The second-order valence-electron chi connectivity index (χ2n) is 3.50. The van der Waals surface area contributed by atoms with Gasteiger partial charge < -0.3 is 16.2 Å². The minimum absolute atomic E-state index is 0.00669. The van der Waals surface area contributed by atoms with E-state index in [1.54, 1.807) is 24.5 Å². The third-order valence-corrected chi connectivity index (χ3v) is 2.03. The van der Waals surface area contributed by atoms with Gasteiger partial charge in [0.25, 0.3) is 0 Å². The van der Waals surface area contributed by atoms with Gasteiger partial charge in [-0.3, -0.25) is 9.78 Å². The molecule has 0 aromatic carbocycles. The van der Waals surface area contributed by atoms with E-state index in [9.17, 15) is 9.59 Å². The van der Waals surface area contributed by atoms with Crippen molar-refractivity contribution in [1.82, 2.24) is 4.98 Å². The van der Waals surface area contributed by atoms with E-state index < -0.39 is 17.4 Å². The van der Waals surface area contributed by atoms with Gasteiger partial charge in [-0.2, -0.15) is 0 Å². The Morgan fingerprint density at radius 2 is 2.25 bits per heavy atom. The quantitative estimate of drug-likeness (QED) is 0.519. The molecule has 0 unspecified atom stereocenters. The van der Waals surface area contributed by atoms with Crippen LogP contribution in [0.3, 0.4) is 0 Å². The number of carbonyl (C=O) groups is 2. The summed E-state index contributed by atoms with van der Waals surface area (Å²) in [5, 5.41) is 0. The average Bonchev–Trinajstić information content (AvgIpc) is 2.27. The zero-order valence-electron chi connectivity index (χ0n) is 8.84. The Balaban J connectivity index is 2.57. The van der Waals surface area contributed by atoms with E-state index in [0.717, 1.165) is 0 Å². The molecular formula is C10H13N3O3. The number of hydrogen-bond donors (Lipinski definition) is 2. The Hall–Kier alpha value is -1.95. The molecule has 1 aromatic rings. The Kier molecular flexibility index (Phi) is 3.57. The van der Waals surface area contributed by atoms with E-state index in [1.165, 1.54) is 6.92 Å². The van der Waals surface area contributed by atoms with Crippen molar-refractivity contribution in [3.63, 3.8) is 0 Å². The van der Waals surface area contributed by atoms with Gasteiger partial charge in [0.1, 0.15) is 6.61 Å². The van der Waals surface area contributed by atoms with Crippen molar-refractivity contribution < 1.29 is 14.3 Å². The minimum Gasteiger partial charge on any atom is -0.459 e. The van der Waals surface area contributed by atoms with Gasteiger partial charge in [0.2, 0.25) is 5.91 Å². The first-order valence-electron chi connectivity index (χ1n) is 4.59. The van der Waals surface area contributed by atoms with Crippen molar-refractivity contribution in [2.75, 3.05) is 0 Å².